The molecule has 10 aliphatic rings. The highest BCUT2D eigenvalue weighted by Gasteiger charge is 2.55. The predicted octanol–water partition coefficient (Wildman–Crippen LogP) is 6.44. The topological polar surface area (TPSA) is 186 Å². The highest BCUT2D eigenvalue weighted by molar-refractivity contribution is 5.77. The maximum absolute atomic E-state index is 12.6. The number of hydrogen-bond donors (Lipinski definition) is 6. The SMILES string of the molecule is O=C(CC(F)(F)F)N1CCc2c(ncnc2NCC(O)C23CC4CC(CC(C4)C2)C3)C1.O=C(O)CC(F)(F)F.OC(CNc1ncnc2c1CCNC2)C12CC3CC(CC(C3)C1)C2. The molecule has 8 bridgehead atoms. The molecular weight excluding hydrogens is 835 g/mol. The smallest absolute Gasteiger partial charge is 0.399 e. The number of carbonyl (C=O) groups excluding carboxylic acids is 1. The molecule has 6 N–H and O–H groups in total. The van der Waals surface area contributed by atoms with Gasteiger partial charge >= 0.3 is 18.3 Å². The third-order valence-corrected chi connectivity index (χ3v) is 15.5. The monoisotopic (exact) mass is 894 g/mol. The van der Waals surface area contributed by atoms with Gasteiger partial charge in [0, 0.05) is 37.3 Å². The van der Waals surface area contributed by atoms with E-state index in [2.05, 4.69) is 35.9 Å². The normalized spacial score (nSPS) is 32.0. The van der Waals surface area contributed by atoms with Crippen LogP contribution in [0.2, 0.25) is 0 Å². The number of amides is 1. The van der Waals surface area contributed by atoms with E-state index in [1.165, 1.54) is 74.6 Å². The lowest BCUT2D eigenvalue weighted by molar-refractivity contribution is -0.166. The van der Waals surface area contributed by atoms with Crippen molar-refractivity contribution in [2.24, 2.45) is 46.3 Å². The minimum absolute atomic E-state index is 0.00958. The lowest BCUT2D eigenvalue weighted by Crippen LogP contribution is -2.53. The van der Waals surface area contributed by atoms with Gasteiger partial charge in [-0.15, -0.1) is 0 Å². The number of carbonyl (C=O) groups is 2. The Morgan fingerprint density at radius 3 is 1.52 bits per heavy atom. The van der Waals surface area contributed by atoms with E-state index < -0.39 is 43.2 Å². The maximum Gasteiger partial charge on any atom is 0.399 e. The Morgan fingerprint density at radius 1 is 0.683 bits per heavy atom. The van der Waals surface area contributed by atoms with E-state index in [-0.39, 0.29) is 30.0 Å². The number of nitrogens with zero attached hydrogens (tertiary/aromatic N) is 5. The Balaban J connectivity index is 0.000000151. The van der Waals surface area contributed by atoms with Crippen LogP contribution in [0.15, 0.2) is 12.7 Å². The second-order valence-electron chi connectivity index (χ2n) is 20.1. The summed E-state index contributed by atoms with van der Waals surface area (Å²) in [4.78, 5) is 39.8. The summed E-state index contributed by atoms with van der Waals surface area (Å²) in [6.07, 6.45) is 6.68. The summed E-state index contributed by atoms with van der Waals surface area (Å²) in [5.41, 5.74) is 3.92. The molecule has 0 radical (unpaired) electrons. The Hall–Kier alpha value is -3.84. The van der Waals surface area contributed by atoms with Crippen LogP contribution in [-0.4, -0.2) is 103 Å². The number of anilines is 2. The standard InChI is InChI=1S/C22H29F3N4O2.C19H28N4O.C3H3F3O2/c23-22(24,25)9-19(31)29-2-1-16-17(11-29)27-12-28-20(16)26-10-18(30)21-6-13-3-14(7-21)5-15(4-13)8-21;24-17(19-6-12-3-13(7-19)5-14(4-12)8-19)10-21-18-15-1-2-20-9-16(15)22-11-23-18;4-3(5,6)1-2(7)8/h12-15,18,30H,1-11H2,(H,26,27,28);11-14,17,20,24H,1-10H2,(H,21,22,23);1H2,(H,7,8). The molecule has 12 rings (SSSR count). The molecule has 2 unspecified atom stereocenters. The van der Waals surface area contributed by atoms with Crippen molar-refractivity contribution in [2.75, 3.05) is 36.8 Å². The van der Waals surface area contributed by atoms with E-state index in [9.17, 15) is 46.1 Å². The van der Waals surface area contributed by atoms with Crippen LogP contribution in [0, 0.1) is 46.3 Å². The van der Waals surface area contributed by atoms with E-state index in [4.69, 9.17) is 5.11 Å². The number of rotatable bonds is 10. The molecule has 0 saturated heterocycles. The molecule has 8 saturated carbocycles. The van der Waals surface area contributed by atoms with Crippen molar-refractivity contribution >= 4 is 23.5 Å². The van der Waals surface area contributed by atoms with Gasteiger partial charge < -0.3 is 36.2 Å². The Kier molecular flexibility index (Phi) is 13.2. The molecule has 2 aromatic rings. The fraction of sp³-hybridized carbons (Fsp3) is 0.773. The Bertz CT molecular complexity index is 1900. The zero-order chi connectivity index (χ0) is 44.7. The van der Waals surface area contributed by atoms with Crippen molar-refractivity contribution in [3.05, 3.63) is 35.2 Å². The Labute approximate surface area is 363 Å². The molecule has 0 aromatic carbocycles. The van der Waals surface area contributed by atoms with Crippen LogP contribution in [0.5, 0.6) is 0 Å². The second-order valence-corrected chi connectivity index (χ2v) is 20.1. The lowest BCUT2D eigenvalue weighted by atomic mass is 9.48. The third kappa shape index (κ3) is 10.8. The highest BCUT2D eigenvalue weighted by atomic mass is 19.4. The number of halogens is 6. The van der Waals surface area contributed by atoms with Gasteiger partial charge in [0.1, 0.15) is 37.1 Å². The molecule has 63 heavy (non-hydrogen) atoms. The molecule has 2 aromatic heterocycles. The van der Waals surface area contributed by atoms with Gasteiger partial charge in [-0.3, -0.25) is 9.59 Å². The number of aliphatic hydroxyl groups is 2. The van der Waals surface area contributed by atoms with Gasteiger partial charge in [0.2, 0.25) is 5.91 Å². The Morgan fingerprint density at radius 2 is 1.11 bits per heavy atom. The average molecular weight is 895 g/mol. The van der Waals surface area contributed by atoms with Crippen LogP contribution in [0.25, 0.3) is 0 Å². The zero-order valence-electron chi connectivity index (χ0n) is 35.5. The quantitative estimate of drug-likeness (QED) is 0.144. The van der Waals surface area contributed by atoms with E-state index in [0.29, 0.717) is 31.0 Å². The summed E-state index contributed by atoms with van der Waals surface area (Å²) in [6, 6.07) is 0. The highest BCUT2D eigenvalue weighted by Crippen LogP contribution is 2.62. The summed E-state index contributed by atoms with van der Waals surface area (Å²) in [6.45, 7) is 3.10. The van der Waals surface area contributed by atoms with E-state index in [0.717, 1.165) is 91.4 Å². The third-order valence-electron chi connectivity index (χ3n) is 15.5. The van der Waals surface area contributed by atoms with Gasteiger partial charge in [-0.05, 0) is 143 Å². The largest absolute Gasteiger partial charge is 0.481 e. The van der Waals surface area contributed by atoms with E-state index >= 15 is 0 Å². The van der Waals surface area contributed by atoms with Crippen LogP contribution in [0.3, 0.4) is 0 Å². The number of aliphatic hydroxyl groups excluding tert-OH is 2. The first kappa shape index (κ1) is 45.7. The molecule has 348 valence electrons. The average Bonchev–Trinajstić information content (AvgIpc) is 3.19. The molecule has 2 aliphatic heterocycles. The maximum atomic E-state index is 12.6. The molecule has 13 nitrogen and oxygen atoms in total. The van der Waals surface area contributed by atoms with Gasteiger partial charge in [0.15, 0.2) is 0 Å². The minimum atomic E-state index is -4.58. The number of carboxylic acids is 1. The number of aliphatic carboxylic acids is 1. The molecule has 2 atom stereocenters. The fourth-order valence-electron chi connectivity index (χ4n) is 13.6. The van der Waals surface area contributed by atoms with Crippen LogP contribution in [0.4, 0.5) is 38.0 Å². The summed E-state index contributed by atoms with van der Waals surface area (Å²) in [5.74, 6) is 3.69. The number of fused-ring (bicyclic) bond motifs is 2. The van der Waals surface area contributed by atoms with Crippen molar-refractivity contribution in [1.82, 2.24) is 30.2 Å². The molecule has 0 spiro atoms. The van der Waals surface area contributed by atoms with Crippen molar-refractivity contribution in [3.63, 3.8) is 0 Å². The summed E-state index contributed by atoms with van der Waals surface area (Å²) >= 11 is 0. The molecular formula is C44H60F6N8O5. The number of hydrogen-bond acceptors (Lipinski definition) is 11. The first-order valence-electron chi connectivity index (χ1n) is 22.7. The second kappa shape index (κ2) is 18.2. The number of aromatic nitrogens is 4. The van der Waals surface area contributed by atoms with Crippen molar-refractivity contribution < 1.29 is 51.3 Å². The van der Waals surface area contributed by atoms with Gasteiger partial charge in [0.05, 0.1) is 30.1 Å². The van der Waals surface area contributed by atoms with Crippen molar-refractivity contribution in [1.29, 1.82) is 0 Å². The number of nitrogens with one attached hydrogen (secondary N) is 3. The van der Waals surface area contributed by atoms with Crippen LogP contribution < -0.4 is 16.0 Å². The lowest BCUT2D eigenvalue weighted by Gasteiger charge is -2.58. The zero-order valence-corrected chi connectivity index (χ0v) is 35.5. The van der Waals surface area contributed by atoms with E-state index in [1.54, 1.807) is 6.33 Å². The summed E-state index contributed by atoms with van der Waals surface area (Å²) in [5, 5.41) is 39.8. The van der Waals surface area contributed by atoms with Crippen LogP contribution in [-0.2, 0) is 35.5 Å². The molecule has 4 heterocycles. The van der Waals surface area contributed by atoms with Gasteiger partial charge in [-0.25, -0.2) is 19.9 Å². The van der Waals surface area contributed by atoms with E-state index in [1.807, 2.05) is 0 Å². The first-order valence-corrected chi connectivity index (χ1v) is 22.7. The minimum Gasteiger partial charge on any atom is -0.481 e. The van der Waals surface area contributed by atoms with Crippen LogP contribution >= 0.6 is 0 Å². The molecule has 8 fully saturated rings. The van der Waals surface area contributed by atoms with Crippen molar-refractivity contribution in [2.45, 2.75) is 140 Å². The molecule has 1 amide bonds. The van der Waals surface area contributed by atoms with Gasteiger partial charge in [-0.1, -0.05) is 0 Å². The van der Waals surface area contributed by atoms with Crippen LogP contribution in [0.1, 0.15) is 112 Å². The van der Waals surface area contributed by atoms with Gasteiger partial charge in [-0.2, -0.15) is 26.3 Å². The summed E-state index contributed by atoms with van der Waals surface area (Å²) in [7, 11) is 0. The molecule has 8 aliphatic carbocycles. The van der Waals surface area contributed by atoms with Gasteiger partial charge in [0.25, 0.3) is 0 Å². The van der Waals surface area contributed by atoms with Crippen molar-refractivity contribution in [3.8, 4) is 0 Å². The number of carboxylic acid groups (broad SMARTS) is 1. The first-order chi connectivity index (χ1) is 29.8. The predicted molar refractivity (Wildman–Crippen MR) is 218 cm³/mol. The molecule has 19 heteroatoms. The fourth-order valence-corrected chi connectivity index (χ4v) is 13.6. The summed E-state index contributed by atoms with van der Waals surface area (Å²) < 4.78 is 70.5. The number of alkyl halides is 6.